The van der Waals surface area contributed by atoms with Crippen LogP contribution >= 0.6 is 11.6 Å². The summed E-state index contributed by atoms with van der Waals surface area (Å²) in [7, 11) is 0. The van der Waals surface area contributed by atoms with Crippen molar-refractivity contribution in [2.75, 3.05) is 31.5 Å². The van der Waals surface area contributed by atoms with Crippen molar-refractivity contribution >= 4 is 23.2 Å². The Morgan fingerprint density at radius 2 is 2.12 bits per heavy atom. The van der Waals surface area contributed by atoms with Gasteiger partial charge in [0.15, 0.2) is 0 Å². The Morgan fingerprint density at radius 3 is 2.83 bits per heavy atom. The molecule has 2 aliphatic heterocycles. The van der Waals surface area contributed by atoms with Crippen LogP contribution in [0.25, 0.3) is 0 Å². The topological polar surface area (TPSA) is 35.6 Å². The molecule has 0 unspecified atom stereocenters. The first-order valence-electron chi connectivity index (χ1n) is 9.07. The van der Waals surface area contributed by atoms with E-state index in [1.165, 1.54) is 25.8 Å². The van der Waals surface area contributed by atoms with E-state index < -0.39 is 0 Å². The maximum absolute atomic E-state index is 12.1. The van der Waals surface area contributed by atoms with Gasteiger partial charge in [0.2, 0.25) is 5.91 Å². The number of carbonyl (C=O) groups is 1. The molecule has 132 valence electrons. The van der Waals surface area contributed by atoms with E-state index in [-0.39, 0.29) is 5.91 Å². The van der Waals surface area contributed by atoms with E-state index in [4.69, 9.17) is 11.6 Å². The van der Waals surface area contributed by atoms with Gasteiger partial charge in [-0.2, -0.15) is 0 Å². The lowest BCUT2D eigenvalue weighted by atomic mass is 9.97. The van der Waals surface area contributed by atoms with E-state index >= 15 is 0 Å². The molecule has 0 bridgehead atoms. The lowest BCUT2D eigenvalue weighted by Gasteiger charge is -2.49. The summed E-state index contributed by atoms with van der Waals surface area (Å²) in [6.45, 7) is 8.60. The summed E-state index contributed by atoms with van der Waals surface area (Å²) < 4.78 is 0. The highest BCUT2D eigenvalue weighted by Crippen LogP contribution is 2.24. The molecule has 2 aliphatic rings. The fourth-order valence-corrected chi connectivity index (χ4v) is 3.93. The highest BCUT2D eigenvalue weighted by Gasteiger charge is 2.34. The van der Waals surface area contributed by atoms with Crippen LogP contribution in [0.3, 0.4) is 0 Å². The molecule has 0 aromatic heterocycles. The van der Waals surface area contributed by atoms with Crippen LogP contribution in [0.2, 0.25) is 5.02 Å². The maximum atomic E-state index is 12.1. The van der Waals surface area contributed by atoms with Gasteiger partial charge in [0.25, 0.3) is 0 Å². The minimum absolute atomic E-state index is 0.0599. The van der Waals surface area contributed by atoms with Gasteiger partial charge in [0.1, 0.15) is 0 Å². The Labute approximate surface area is 150 Å². The second-order valence-electron chi connectivity index (χ2n) is 7.26. The third-order valence-electron chi connectivity index (χ3n) is 5.37. The highest BCUT2D eigenvalue weighted by molar-refractivity contribution is 6.31. The van der Waals surface area contributed by atoms with Crippen LogP contribution in [-0.4, -0.2) is 54.0 Å². The van der Waals surface area contributed by atoms with Crippen molar-refractivity contribution < 1.29 is 4.79 Å². The van der Waals surface area contributed by atoms with Crippen LogP contribution in [0.1, 0.15) is 38.2 Å². The zero-order valence-corrected chi connectivity index (χ0v) is 15.5. The summed E-state index contributed by atoms with van der Waals surface area (Å²) in [6, 6.07) is 7.06. The number of benzene rings is 1. The Hall–Kier alpha value is -1.10. The predicted octanol–water partition coefficient (Wildman–Crippen LogP) is 3.54. The molecule has 1 aromatic carbocycles. The summed E-state index contributed by atoms with van der Waals surface area (Å²) >= 11 is 6.09. The molecule has 1 aromatic rings. The molecule has 1 atom stereocenters. The number of piperidine rings is 1. The number of nitrogens with zero attached hydrogens (tertiary/aromatic N) is 2. The van der Waals surface area contributed by atoms with Crippen molar-refractivity contribution in [1.82, 2.24) is 9.80 Å². The smallest absolute Gasteiger partial charge is 0.225 e. The zero-order chi connectivity index (χ0) is 17.1. The Bertz CT molecular complexity index is 586. The van der Waals surface area contributed by atoms with Crippen molar-refractivity contribution in [1.29, 1.82) is 0 Å². The molecular weight excluding hydrogens is 322 g/mol. The molecule has 1 amide bonds. The third-order valence-corrected chi connectivity index (χ3v) is 5.78. The van der Waals surface area contributed by atoms with Gasteiger partial charge in [0.05, 0.1) is 0 Å². The Kier molecular flexibility index (Phi) is 5.80. The molecule has 3 rings (SSSR count). The minimum Gasteiger partial charge on any atom is -0.326 e. The van der Waals surface area contributed by atoms with Gasteiger partial charge >= 0.3 is 0 Å². The fourth-order valence-electron chi connectivity index (χ4n) is 3.75. The molecule has 0 radical (unpaired) electrons. The highest BCUT2D eigenvalue weighted by atomic mass is 35.5. The summed E-state index contributed by atoms with van der Waals surface area (Å²) in [5, 5.41) is 3.62. The molecule has 2 saturated heterocycles. The second kappa shape index (κ2) is 7.85. The van der Waals surface area contributed by atoms with Crippen molar-refractivity contribution in [2.45, 2.75) is 51.6 Å². The van der Waals surface area contributed by atoms with Gasteiger partial charge in [-0.1, -0.05) is 24.1 Å². The molecule has 0 saturated carbocycles. The lowest BCUT2D eigenvalue weighted by molar-refractivity contribution is -0.117. The van der Waals surface area contributed by atoms with E-state index in [0.717, 1.165) is 36.9 Å². The minimum atomic E-state index is 0.0599. The normalized spacial score (nSPS) is 23.0. The molecule has 24 heavy (non-hydrogen) atoms. The van der Waals surface area contributed by atoms with Crippen LogP contribution in [0.5, 0.6) is 0 Å². The number of anilines is 1. The molecule has 1 N–H and O–H groups in total. The first kappa shape index (κ1) is 17.7. The number of rotatable bonds is 5. The van der Waals surface area contributed by atoms with E-state index in [0.29, 0.717) is 17.5 Å². The van der Waals surface area contributed by atoms with E-state index in [1.807, 2.05) is 25.1 Å². The Balaban J connectivity index is 1.38. The first-order valence-corrected chi connectivity index (χ1v) is 9.45. The molecule has 2 fully saturated rings. The fraction of sp³-hybridized carbons (Fsp3) is 0.632. The summed E-state index contributed by atoms with van der Waals surface area (Å²) in [4.78, 5) is 17.1. The number of halogens is 1. The van der Waals surface area contributed by atoms with Gasteiger partial charge in [-0.15, -0.1) is 0 Å². The lowest BCUT2D eigenvalue weighted by Crippen LogP contribution is -2.62. The van der Waals surface area contributed by atoms with E-state index in [9.17, 15) is 4.79 Å². The quantitative estimate of drug-likeness (QED) is 0.883. The molecule has 5 heteroatoms. The number of hydrogen-bond donors (Lipinski definition) is 1. The van der Waals surface area contributed by atoms with Gasteiger partial charge in [-0.25, -0.2) is 0 Å². The molecule has 0 spiro atoms. The molecular formula is C19H28ClN3O. The first-order chi connectivity index (χ1) is 11.5. The van der Waals surface area contributed by atoms with Gasteiger partial charge < -0.3 is 5.32 Å². The average Bonchev–Trinajstić information content (AvgIpc) is 2.51. The number of carbonyl (C=O) groups excluding carboxylic acids is 1. The number of amides is 1. The van der Waals surface area contributed by atoms with Crippen molar-refractivity contribution in [3.8, 4) is 0 Å². The number of nitrogens with one attached hydrogen (secondary N) is 1. The van der Waals surface area contributed by atoms with E-state index in [1.54, 1.807) is 0 Å². The molecule has 0 aliphatic carbocycles. The van der Waals surface area contributed by atoms with Crippen molar-refractivity contribution in [3.05, 3.63) is 28.8 Å². The second-order valence-corrected chi connectivity index (χ2v) is 7.67. The van der Waals surface area contributed by atoms with Crippen molar-refractivity contribution in [3.63, 3.8) is 0 Å². The third kappa shape index (κ3) is 4.29. The largest absolute Gasteiger partial charge is 0.326 e. The molecule has 2 heterocycles. The summed E-state index contributed by atoms with van der Waals surface area (Å²) in [5.74, 6) is 0.0599. The monoisotopic (exact) mass is 349 g/mol. The van der Waals surface area contributed by atoms with Gasteiger partial charge in [-0.05, 0) is 50.9 Å². The van der Waals surface area contributed by atoms with Crippen LogP contribution in [-0.2, 0) is 4.79 Å². The van der Waals surface area contributed by atoms with Crippen LogP contribution < -0.4 is 5.32 Å². The standard InChI is InChI=1S/C19H28ClN3O/c1-14-6-7-16(11-18(14)20)21-19(24)8-10-22-12-17(13-22)23-9-4-3-5-15(23)2/h6-7,11,15,17H,3-5,8-10,12-13H2,1-2H3,(H,21,24)/t15-/m0/s1. The van der Waals surface area contributed by atoms with Gasteiger partial charge in [-0.3, -0.25) is 14.6 Å². The predicted molar refractivity (Wildman–Crippen MR) is 99.7 cm³/mol. The summed E-state index contributed by atoms with van der Waals surface area (Å²) in [6.07, 6.45) is 4.57. The Morgan fingerprint density at radius 1 is 1.33 bits per heavy atom. The zero-order valence-electron chi connectivity index (χ0n) is 14.7. The SMILES string of the molecule is Cc1ccc(NC(=O)CCN2CC(N3CCCC[C@@H]3C)C2)cc1Cl. The van der Waals surface area contributed by atoms with E-state index in [2.05, 4.69) is 22.0 Å². The average molecular weight is 350 g/mol. The summed E-state index contributed by atoms with van der Waals surface area (Å²) in [5.41, 5.74) is 1.80. The maximum Gasteiger partial charge on any atom is 0.225 e. The van der Waals surface area contributed by atoms with Crippen LogP contribution in [0.4, 0.5) is 5.69 Å². The van der Waals surface area contributed by atoms with Gasteiger partial charge in [0, 0.05) is 48.8 Å². The van der Waals surface area contributed by atoms with Crippen molar-refractivity contribution in [2.24, 2.45) is 0 Å². The molecule has 4 nitrogen and oxygen atoms in total. The van der Waals surface area contributed by atoms with Crippen LogP contribution in [0.15, 0.2) is 18.2 Å². The number of aryl methyl sites for hydroxylation is 1. The van der Waals surface area contributed by atoms with Crippen LogP contribution in [0, 0.1) is 6.92 Å². The number of likely N-dealkylation sites (tertiary alicyclic amines) is 2. The number of hydrogen-bond acceptors (Lipinski definition) is 3.